The maximum atomic E-state index is 13.5. The Kier molecular flexibility index (Phi) is 5.55. The van der Waals surface area contributed by atoms with E-state index in [2.05, 4.69) is 31.2 Å². The molecular formula is C28H29N3O4. The van der Waals surface area contributed by atoms with Crippen molar-refractivity contribution in [3.05, 3.63) is 70.5 Å². The monoisotopic (exact) mass is 471 g/mol. The Balaban J connectivity index is 1.16. The standard InChI is InChI=1S/C28H29N3O4/c1-18-5-8-21(9-6-18)31-23-4-2-3-22(23)26(29-31)28(33)30-13-11-19(12-14-30)27(32)20-7-10-24-25(17-20)35-16-15-34-24/h5-10,17,19H,2-4,11-16H2,1H3. The van der Waals surface area contributed by atoms with Gasteiger partial charge in [0.1, 0.15) is 13.2 Å². The summed E-state index contributed by atoms with van der Waals surface area (Å²) in [6.07, 6.45) is 4.18. The van der Waals surface area contributed by atoms with Gasteiger partial charge in [-0.1, -0.05) is 17.7 Å². The first-order chi connectivity index (χ1) is 17.1. The molecule has 3 aliphatic rings. The first kappa shape index (κ1) is 21.9. The number of piperidine rings is 1. The second-order valence-corrected chi connectivity index (χ2v) is 9.66. The van der Waals surface area contributed by atoms with Crippen molar-refractivity contribution in [3.8, 4) is 17.2 Å². The van der Waals surface area contributed by atoms with Crippen LogP contribution in [0.4, 0.5) is 0 Å². The van der Waals surface area contributed by atoms with Gasteiger partial charge in [0.15, 0.2) is 23.0 Å². The molecule has 2 aromatic carbocycles. The number of ketones is 1. The average Bonchev–Trinajstić information content (AvgIpc) is 3.51. The van der Waals surface area contributed by atoms with E-state index < -0.39 is 0 Å². The molecule has 7 nitrogen and oxygen atoms in total. The van der Waals surface area contributed by atoms with Crippen LogP contribution in [0.5, 0.6) is 11.5 Å². The molecule has 2 aliphatic heterocycles. The summed E-state index contributed by atoms with van der Waals surface area (Å²) in [6, 6.07) is 13.7. The van der Waals surface area contributed by atoms with Gasteiger partial charge in [-0.15, -0.1) is 0 Å². The molecule has 7 heteroatoms. The predicted molar refractivity (Wildman–Crippen MR) is 131 cm³/mol. The Morgan fingerprint density at radius 2 is 1.69 bits per heavy atom. The molecule has 6 rings (SSSR count). The Labute approximate surface area is 204 Å². The van der Waals surface area contributed by atoms with Gasteiger partial charge in [0.05, 0.1) is 5.69 Å². The van der Waals surface area contributed by atoms with Crippen LogP contribution >= 0.6 is 0 Å². The fraction of sp³-hybridized carbons (Fsp3) is 0.393. The zero-order chi connectivity index (χ0) is 23.9. The smallest absolute Gasteiger partial charge is 0.274 e. The highest BCUT2D eigenvalue weighted by molar-refractivity contribution is 5.99. The molecule has 0 saturated carbocycles. The number of aryl methyl sites for hydroxylation is 1. The first-order valence-electron chi connectivity index (χ1n) is 12.5. The van der Waals surface area contributed by atoms with Gasteiger partial charge in [-0.2, -0.15) is 5.10 Å². The molecule has 0 bridgehead atoms. The number of benzene rings is 2. The molecule has 3 aromatic rings. The van der Waals surface area contributed by atoms with E-state index >= 15 is 0 Å². The molecule has 3 heterocycles. The van der Waals surface area contributed by atoms with E-state index in [-0.39, 0.29) is 17.6 Å². The zero-order valence-corrected chi connectivity index (χ0v) is 20.0. The highest BCUT2D eigenvalue weighted by Gasteiger charge is 2.33. The normalized spacial score (nSPS) is 17.3. The van der Waals surface area contributed by atoms with Crippen LogP contribution < -0.4 is 9.47 Å². The number of Topliss-reactive ketones (excluding diaryl/α,β-unsaturated/α-hetero) is 1. The van der Waals surface area contributed by atoms with Crippen molar-refractivity contribution in [1.82, 2.24) is 14.7 Å². The van der Waals surface area contributed by atoms with Gasteiger partial charge in [0.2, 0.25) is 0 Å². The lowest BCUT2D eigenvalue weighted by atomic mass is 9.88. The number of ether oxygens (including phenoxy) is 2. The van der Waals surface area contributed by atoms with Crippen LogP contribution in [0.25, 0.3) is 5.69 Å². The molecule has 1 fully saturated rings. The minimum Gasteiger partial charge on any atom is -0.486 e. The molecule has 0 spiro atoms. The fourth-order valence-corrected chi connectivity index (χ4v) is 5.44. The summed E-state index contributed by atoms with van der Waals surface area (Å²) in [7, 11) is 0. The van der Waals surface area contributed by atoms with Crippen molar-refractivity contribution in [2.45, 2.75) is 39.0 Å². The number of fused-ring (bicyclic) bond motifs is 2. The topological polar surface area (TPSA) is 73.7 Å². The number of hydrogen-bond donors (Lipinski definition) is 0. The second kappa shape index (κ2) is 8.87. The quantitative estimate of drug-likeness (QED) is 0.534. The van der Waals surface area contributed by atoms with Crippen LogP contribution in [0, 0.1) is 12.8 Å². The Morgan fingerprint density at radius 3 is 2.46 bits per heavy atom. The number of hydrogen-bond acceptors (Lipinski definition) is 5. The van der Waals surface area contributed by atoms with Gasteiger partial charge in [-0.25, -0.2) is 4.68 Å². The van der Waals surface area contributed by atoms with Crippen molar-refractivity contribution in [1.29, 1.82) is 0 Å². The summed E-state index contributed by atoms with van der Waals surface area (Å²) in [5, 5.41) is 4.78. The molecular weight excluding hydrogens is 442 g/mol. The van der Waals surface area contributed by atoms with Gasteiger partial charge in [-0.3, -0.25) is 9.59 Å². The number of nitrogens with zero attached hydrogens (tertiary/aromatic N) is 3. The molecule has 0 radical (unpaired) electrons. The second-order valence-electron chi connectivity index (χ2n) is 9.66. The molecule has 1 amide bonds. The van der Waals surface area contributed by atoms with Crippen LogP contribution in [0.1, 0.15) is 56.9 Å². The van der Waals surface area contributed by atoms with Crippen LogP contribution in [0.15, 0.2) is 42.5 Å². The number of likely N-dealkylation sites (tertiary alicyclic amines) is 1. The summed E-state index contributed by atoms with van der Waals surface area (Å²) < 4.78 is 13.2. The summed E-state index contributed by atoms with van der Waals surface area (Å²) in [6.45, 7) is 4.21. The highest BCUT2D eigenvalue weighted by atomic mass is 16.6. The van der Waals surface area contributed by atoms with Crippen LogP contribution in [0.3, 0.4) is 0 Å². The largest absolute Gasteiger partial charge is 0.486 e. The van der Waals surface area contributed by atoms with Gasteiger partial charge in [0.25, 0.3) is 5.91 Å². The van der Waals surface area contributed by atoms with Crippen LogP contribution in [0.2, 0.25) is 0 Å². The summed E-state index contributed by atoms with van der Waals surface area (Å²) in [5.41, 5.74) is 5.66. The summed E-state index contributed by atoms with van der Waals surface area (Å²) in [5.74, 6) is 1.31. The van der Waals surface area contributed by atoms with E-state index in [4.69, 9.17) is 14.6 Å². The SMILES string of the molecule is Cc1ccc(-n2nc(C(=O)N3CCC(C(=O)c4ccc5c(c4)OCCO5)CC3)c3c2CCC3)cc1. The van der Waals surface area contributed by atoms with E-state index in [9.17, 15) is 9.59 Å². The zero-order valence-electron chi connectivity index (χ0n) is 20.0. The molecule has 0 N–H and O–H groups in total. The minimum absolute atomic E-state index is 0.0146. The molecule has 1 aliphatic carbocycles. The summed E-state index contributed by atoms with van der Waals surface area (Å²) in [4.78, 5) is 28.5. The summed E-state index contributed by atoms with van der Waals surface area (Å²) >= 11 is 0. The predicted octanol–water partition coefficient (Wildman–Crippen LogP) is 4.18. The third kappa shape index (κ3) is 3.99. The van der Waals surface area contributed by atoms with E-state index in [0.717, 1.165) is 36.2 Å². The molecule has 180 valence electrons. The van der Waals surface area contributed by atoms with Crippen LogP contribution in [-0.2, 0) is 12.8 Å². The van der Waals surface area contributed by atoms with Crippen molar-refractivity contribution < 1.29 is 19.1 Å². The molecule has 0 unspecified atom stereocenters. The molecule has 0 atom stereocenters. The number of amides is 1. The maximum absolute atomic E-state index is 13.5. The highest BCUT2D eigenvalue weighted by Crippen LogP contribution is 2.33. The number of aromatic nitrogens is 2. The van der Waals surface area contributed by atoms with Crippen molar-refractivity contribution >= 4 is 11.7 Å². The van der Waals surface area contributed by atoms with E-state index in [1.54, 1.807) is 6.07 Å². The van der Waals surface area contributed by atoms with Gasteiger partial charge >= 0.3 is 0 Å². The lowest BCUT2D eigenvalue weighted by Crippen LogP contribution is -2.40. The molecule has 1 aromatic heterocycles. The first-order valence-corrected chi connectivity index (χ1v) is 12.5. The minimum atomic E-state index is -0.0996. The van der Waals surface area contributed by atoms with Gasteiger partial charge in [0, 0.05) is 35.8 Å². The average molecular weight is 472 g/mol. The molecule has 1 saturated heterocycles. The molecule has 35 heavy (non-hydrogen) atoms. The lowest BCUT2D eigenvalue weighted by molar-refractivity contribution is 0.0644. The van der Waals surface area contributed by atoms with Gasteiger partial charge < -0.3 is 14.4 Å². The Hall–Kier alpha value is -3.61. The third-order valence-electron chi connectivity index (χ3n) is 7.39. The van der Waals surface area contributed by atoms with Crippen molar-refractivity contribution in [2.75, 3.05) is 26.3 Å². The Bertz CT molecular complexity index is 1290. The van der Waals surface area contributed by atoms with Crippen molar-refractivity contribution in [2.24, 2.45) is 5.92 Å². The lowest BCUT2D eigenvalue weighted by Gasteiger charge is -2.31. The number of carbonyl (C=O) groups excluding carboxylic acids is 2. The number of rotatable bonds is 4. The van der Waals surface area contributed by atoms with Crippen molar-refractivity contribution in [3.63, 3.8) is 0 Å². The van der Waals surface area contributed by atoms with Crippen LogP contribution in [-0.4, -0.2) is 52.7 Å². The van der Waals surface area contributed by atoms with E-state index in [0.29, 0.717) is 61.9 Å². The maximum Gasteiger partial charge on any atom is 0.274 e. The van der Waals surface area contributed by atoms with E-state index in [1.807, 2.05) is 21.7 Å². The van der Waals surface area contributed by atoms with Gasteiger partial charge in [-0.05, 0) is 69.4 Å². The van der Waals surface area contributed by atoms with E-state index in [1.165, 1.54) is 5.56 Å². The Morgan fingerprint density at radius 1 is 0.943 bits per heavy atom. The number of carbonyl (C=O) groups is 2. The fourth-order valence-electron chi connectivity index (χ4n) is 5.44. The third-order valence-corrected chi connectivity index (χ3v) is 7.39.